The summed E-state index contributed by atoms with van der Waals surface area (Å²) in [6.45, 7) is 5.50. The second kappa shape index (κ2) is 7.54. The minimum atomic E-state index is -0.613. The van der Waals surface area contributed by atoms with Crippen LogP contribution in [0.15, 0.2) is 30.3 Å². The van der Waals surface area contributed by atoms with Gasteiger partial charge < -0.3 is 15.8 Å². The molecule has 7 nitrogen and oxygen atoms in total. The van der Waals surface area contributed by atoms with Crippen LogP contribution in [0.25, 0.3) is 0 Å². The van der Waals surface area contributed by atoms with Gasteiger partial charge in [0.1, 0.15) is 17.4 Å². The van der Waals surface area contributed by atoms with Gasteiger partial charge in [-0.15, -0.1) is 0 Å². The van der Waals surface area contributed by atoms with E-state index in [4.69, 9.17) is 10.5 Å². The Morgan fingerprint density at radius 2 is 1.96 bits per heavy atom. The summed E-state index contributed by atoms with van der Waals surface area (Å²) in [5.74, 6) is 0.501. The van der Waals surface area contributed by atoms with Gasteiger partial charge >= 0.3 is 0 Å². The summed E-state index contributed by atoms with van der Waals surface area (Å²) >= 11 is 0. The van der Waals surface area contributed by atoms with E-state index in [9.17, 15) is 9.59 Å². The highest BCUT2D eigenvalue weighted by molar-refractivity contribution is 6.05. The number of rotatable bonds is 6. The first kappa shape index (κ1) is 17.4. The normalized spacial score (nSPS) is 10.5. The molecule has 2 rings (SSSR count). The van der Waals surface area contributed by atoms with E-state index in [1.54, 1.807) is 30.3 Å². The number of anilines is 1. The molecule has 0 saturated carbocycles. The Balaban J connectivity index is 2.23. The number of primary amides is 1. The standard InChI is InChI=1S/C17H20N4O3/c1-10(2)16-19-11(3)8-15(20-16)21-17(23)12-6-4-5-7-13(12)24-9-14(18)22/h4-8,10H,9H2,1-3H3,(H2,18,22)(H,19,20,21,23). The Morgan fingerprint density at radius 1 is 1.25 bits per heavy atom. The van der Waals surface area contributed by atoms with Gasteiger partial charge in [0.2, 0.25) is 0 Å². The number of benzene rings is 1. The number of aryl methyl sites for hydroxylation is 1. The van der Waals surface area contributed by atoms with Crippen molar-refractivity contribution in [3.8, 4) is 5.75 Å². The van der Waals surface area contributed by atoms with Crippen molar-refractivity contribution in [3.63, 3.8) is 0 Å². The molecule has 0 aliphatic heterocycles. The summed E-state index contributed by atoms with van der Waals surface area (Å²) in [5.41, 5.74) is 6.13. The zero-order valence-electron chi connectivity index (χ0n) is 13.9. The molecule has 0 radical (unpaired) electrons. The molecule has 0 aliphatic rings. The van der Waals surface area contributed by atoms with Crippen LogP contribution in [0.5, 0.6) is 5.75 Å². The third-order valence-electron chi connectivity index (χ3n) is 3.13. The van der Waals surface area contributed by atoms with E-state index in [2.05, 4.69) is 15.3 Å². The molecule has 7 heteroatoms. The molecule has 0 saturated heterocycles. The van der Waals surface area contributed by atoms with Crippen LogP contribution in [0.2, 0.25) is 0 Å². The van der Waals surface area contributed by atoms with Crippen molar-refractivity contribution in [3.05, 3.63) is 47.4 Å². The number of nitrogens with zero attached hydrogens (tertiary/aromatic N) is 2. The van der Waals surface area contributed by atoms with E-state index in [-0.39, 0.29) is 24.2 Å². The number of nitrogens with one attached hydrogen (secondary N) is 1. The zero-order chi connectivity index (χ0) is 17.7. The van der Waals surface area contributed by atoms with E-state index < -0.39 is 5.91 Å². The third-order valence-corrected chi connectivity index (χ3v) is 3.13. The molecule has 3 N–H and O–H groups in total. The molecule has 0 bridgehead atoms. The zero-order valence-corrected chi connectivity index (χ0v) is 13.9. The summed E-state index contributed by atoms with van der Waals surface area (Å²) < 4.78 is 5.27. The van der Waals surface area contributed by atoms with Crippen molar-refractivity contribution in [1.29, 1.82) is 0 Å². The SMILES string of the molecule is Cc1cc(NC(=O)c2ccccc2OCC(N)=O)nc(C(C)C)n1. The largest absolute Gasteiger partial charge is 0.483 e. The second-order valence-electron chi connectivity index (χ2n) is 5.61. The van der Waals surface area contributed by atoms with E-state index in [1.807, 2.05) is 20.8 Å². The van der Waals surface area contributed by atoms with Crippen molar-refractivity contribution in [1.82, 2.24) is 9.97 Å². The number of para-hydroxylation sites is 1. The molecule has 1 aromatic heterocycles. The molecule has 0 aliphatic carbocycles. The highest BCUT2D eigenvalue weighted by atomic mass is 16.5. The van der Waals surface area contributed by atoms with Crippen LogP contribution in [0.3, 0.4) is 0 Å². The molecule has 2 amide bonds. The van der Waals surface area contributed by atoms with Crippen LogP contribution in [-0.4, -0.2) is 28.4 Å². The molecule has 126 valence electrons. The highest BCUT2D eigenvalue weighted by Gasteiger charge is 2.15. The van der Waals surface area contributed by atoms with Crippen molar-refractivity contribution < 1.29 is 14.3 Å². The summed E-state index contributed by atoms with van der Waals surface area (Å²) in [6.07, 6.45) is 0. The van der Waals surface area contributed by atoms with Gasteiger partial charge in [0.15, 0.2) is 6.61 Å². The molecule has 0 fully saturated rings. The summed E-state index contributed by atoms with van der Waals surface area (Å²) in [6, 6.07) is 8.30. The summed E-state index contributed by atoms with van der Waals surface area (Å²) in [4.78, 5) is 32.1. The Labute approximate surface area is 140 Å². The van der Waals surface area contributed by atoms with Crippen LogP contribution >= 0.6 is 0 Å². The number of ether oxygens (including phenoxy) is 1. The summed E-state index contributed by atoms with van der Waals surface area (Å²) in [7, 11) is 0. The Morgan fingerprint density at radius 3 is 2.62 bits per heavy atom. The van der Waals surface area contributed by atoms with Gasteiger partial charge in [-0.1, -0.05) is 26.0 Å². The van der Waals surface area contributed by atoms with Crippen LogP contribution in [0.4, 0.5) is 5.82 Å². The number of nitrogens with two attached hydrogens (primary N) is 1. The molecule has 2 aromatic rings. The van der Waals surface area contributed by atoms with E-state index in [1.165, 1.54) is 0 Å². The minimum Gasteiger partial charge on any atom is -0.483 e. The van der Waals surface area contributed by atoms with E-state index in [0.29, 0.717) is 17.2 Å². The Kier molecular flexibility index (Phi) is 5.47. The number of amides is 2. The fourth-order valence-corrected chi connectivity index (χ4v) is 2.03. The van der Waals surface area contributed by atoms with Gasteiger partial charge in [0.05, 0.1) is 5.56 Å². The first-order valence-corrected chi connectivity index (χ1v) is 7.54. The van der Waals surface area contributed by atoms with Crippen LogP contribution in [-0.2, 0) is 4.79 Å². The van der Waals surface area contributed by atoms with Crippen molar-refractivity contribution >= 4 is 17.6 Å². The first-order valence-electron chi connectivity index (χ1n) is 7.54. The average Bonchev–Trinajstić information content (AvgIpc) is 2.52. The Bertz CT molecular complexity index is 759. The second-order valence-corrected chi connectivity index (χ2v) is 5.61. The molecule has 24 heavy (non-hydrogen) atoms. The van der Waals surface area contributed by atoms with Crippen LogP contribution in [0.1, 0.15) is 41.6 Å². The van der Waals surface area contributed by atoms with Crippen LogP contribution in [0, 0.1) is 6.92 Å². The molecular weight excluding hydrogens is 308 g/mol. The molecule has 1 heterocycles. The molecular formula is C17H20N4O3. The number of hydrogen-bond acceptors (Lipinski definition) is 5. The van der Waals surface area contributed by atoms with E-state index in [0.717, 1.165) is 5.69 Å². The molecule has 0 spiro atoms. The molecule has 0 unspecified atom stereocenters. The third kappa shape index (κ3) is 4.52. The number of aromatic nitrogens is 2. The maximum absolute atomic E-state index is 12.5. The monoisotopic (exact) mass is 328 g/mol. The fourth-order valence-electron chi connectivity index (χ4n) is 2.03. The van der Waals surface area contributed by atoms with Gasteiger partial charge in [-0.3, -0.25) is 9.59 Å². The predicted octanol–water partition coefficient (Wildman–Crippen LogP) is 2.02. The minimum absolute atomic E-state index is 0.145. The van der Waals surface area contributed by atoms with Gasteiger partial charge in [-0.2, -0.15) is 0 Å². The maximum Gasteiger partial charge on any atom is 0.260 e. The van der Waals surface area contributed by atoms with E-state index >= 15 is 0 Å². The fraction of sp³-hybridized carbons (Fsp3) is 0.294. The quantitative estimate of drug-likeness (QED) is 0.843. The highest BCUT2D eigenvalue weighted by Crippen LogP contribution is 2.20. The lowest BCUT2D eigenvalue weighted by atomic mass is 10.2. The number of hydrogen-bond donors (Lipinski definition) is 2. The molecule has 1 aromatic carbocycles. The van der Waals surface area contributed by atoms with Crippen molar-refractivity contribution in [2.24, 2.45) is 5.73 Å². The topological polar surface area (TPSA) is 107 Å². The lowest BCUT2D eigenvalue weighted by Crippen LogP contribution is -2.22. The number of carbonyl (C=O) groups excluding carboxylic acids is 2. The van der Waals surface area contributed by atoms with Gasteiger partial charge in [0.25, 0.3) is 11.8 Å². The first-order chi connectivity index (χ1) is 11.4. The van der Waals surface area contributed by atoms with Gasteiger partial charge in [-0.25, -0.2) is 9.97 Å². The number of carbonyl (C=O) groups is 2. The lowest BCUT2D eigenvalue weighted by molar-refractivity contribution is -0.119. The van der Waals surface area contributed by atoms with Crippen molar-refractivity contribution in [2.45, 2.75) is 26.7 Å². The van der Waals surface area contributed by atoms with Crippen molar-refractivity contribution in [2.75, 3.05) is 11.9 Å². The maximum atomic E-state index is 12.5. The van der Waals surface area contributed by atoms with Gasteiger partial charge in [0, 0.05) is 17.7 Å². The molecule has 0 atom stereocenters. The average molecular weight is 328 g/mol. The summed E-state index contributed by atoms with van der Waals surface area (Å²) in [5, 5.41) is 2.74. The lowest BCUT2D eigenvalue weighted by Gasteiger charge is -2.12. The smallest absolute Gasteiger partial charge is 0.260 e. The predicted molar refractivity (Wildman–Crippen MR) is 89.9 cm³/mol. The van der Waals surface area contributed by atoms with Crippen LogP contribution < -0.4 is 15.8 Å². The van der Waals surface area contributed by atoms with Gasteiger partial charge in [-0.05, 0) is 19.1 Å². The Hall–Kier alpha value is -2.96.